The van der Waals surface area contributed by atoms with Gasteiger partial charge in [-0.2, -0.15) is 0 Å². The lowest BCUT2D eigenvalue weighted by atomic mass is 10.00. The molecule has 0 aromatic carbocycles. The van der Waals surface area contributed by atoms with Gasteiger partial charge in [-0.15, -0.1) is 0 Å². The van der Waals surface area contributed by atoms with E-state index in [1.54, 1.807) is 11.0 Å². The Morgan fingerprint density at radius 1 is 1.55 bits per heavy atom. The van der Waals surface area contributed by atoms with Crippen LogP contribution < -0.4 is 0 Å². The number of hydrogen-bond donors (Lipinski definition) is 1. The average molecular weight is 277 g/mol. The number of ether oxygens (including phenoxy) is 1. The van der Waals surface area contributed by atoms with Crippen LogP contribution in [0.3, 0.4) is 0 Å². The van der Waals surface area contributed by atoms with Gasteiger partial charge in [0.15, 0.2) is 0 Å². The first-order valence-corrected chi connectivity index (χ1v) is 6.16. The summed E-state index contributed by atoms with van der Waals surface area (Å²) in [5, 5.41) is 9.01. The monoisotopic (exact) mass is 277 g/mol. The molecule has 0 bridgehead atoms. The summed E-state index contributed by atoms with van der Waals surface area (Å²) in [5.41, 5.74) is 1.43. The maximum Gasteiger partial charge on any atom is 0.410 e. The van der Waals surface area contributed by atoms with E-state index in [9.17, 15) is 9.59 Å². The molecule has 0 saturated carbocycles. The van der Waals surface area contributed by atoms with Crippen molar-refractivity contribution >= 4 is 17.6 Å². The van der Waals surface area contributed by atoms with Crippen molar-refractivity contribution in [2.45, 2.75) is 6.42 Å². The molecule has 1 N–H and O–H groups in total. The second-order valence-electron chi connectivity index (χ2n) is 4.26. The highest BCUT2D eigenvalue weighted by Crippen LogP contribution is 2.26. The molecule has 6 nitrogen and oxygen atoms in total. The second-order valence-corrected chi connectivity index (χ2v) is 4.26. The number of hydrogen-bond acceptors (Lipinski definition) is 4. The van der Waals surface area contributed by atoms with Crippen LogP contribution in [0.2, 0.25) is 0 Å². The maximum absolute atomic E-state index is 11.6. The number of carbonyl (C=O) groups excluding carboxylic acids is 1. The van der Waals surface area contributed by atoms with Crippen LogP contribution in [-0.2, 0) is 4.74 Å². The molecule has 1 aromatic heterocycles. The van der Waals surface area contributed by atoms with Gasteiger partial charge < -0.3 is 19.2 Å². The largest absolute Gasteiger partial charge is 0.475 e. The van der Waals surface area contributed by atoms with Crippen LogP contribution in [0.5, 0.6) is 0 Å². The van der Waals surface area contributed by atoms with E-state index in [1.807, 2.05) is 6.08 Å². The number of furan rings is 1. The van der Waals surface area contributed by atoms with Crippen molar-refractivity contribution in [3.05, 3.63) is 42.4 Å². The van der Waals surface area contributed by atoms with Crippen LogP contribution >= 0.6 is 0 Å². The predicted molar refractivity (Wildman–Crippen MR) is 71.4 cm³/mol. The molecule has 1 aliphatic heterocycles. The molecule has 106 valence electrons. The van der Waals surface area contributed by atoms with Gasteiger partial charge in [-0.3, -0.25) is 0 Å². The average Bonchev–Trinajstić information content (AvgIpc) is 2.94. The van der Waals surface area contributed by atoms with Gasteiger partial charge in [0.1, 0.15) is 6.61 Å². The molecule has 2 heterocycles. The molecule has 0 aliphatic carbocycles. The summed E-state index contributed by atoms with van der Waals surface area (Å²) < 4.78 is 9.90. The van der Waals surface area contributed by atoms with Crippen molar-refractivity contribution in [1.29, 1.82) is 0 Å². The van der Waals surface area contributed by atoms with E-state index in [-0.39, 0.29) is 12.4 Å². The molecule has 0 fully saturated rings. The molecule has 0 atom stereocenters. The fourth-order valence-electron chi connectivity index (χ4n) is 2.03. The van der Waals surface area contributed by atoms with Crippen molar-refractivity contribution in [2.75, 3.05) is 19.7 Å². The van der Waals surface area contributed by atoms with E-state index in [0.29, 0.717) is 25.1 Å². The molecule has 0 spiro atoms. The molecule has 6 heteroatoms. The Morgan fingerprint density at radius 3 is 2.95 bits per heavy atom. The Morgan fingerprint density at radius 2 is 2.35 bits per heavy atom. The molecule has 20 heavy (non-hydrogen) atoms. The SMILES string of the molecule is C=CCOC(=O)N1CC=C(c2ccoc2C(=O)O)CC1. The van der Waals surface area contributed by atoms with E-state index in [2.05, 4.69) is 6.58 Å². The number of aromatic carboxylic acids is 1. The van der Waals surface area contributed by atoms with Gasteiger partial charge in [-0.1, -0.05) is 18.7 Å². The van der Waals surface area contributed by atoms with Gasteiger partial charge in [0.05, 0.1) is 6.26 Å². The van der Waals surface area contributed by atoms with E-state index < -0.39 is 12.1 Å². The lowest BCUT2D eigenvalue weighted by Crippen LogP contribution is -2.35. The van der Waals surface area contributed by atoms with Crippen molar-refractivity contribution in [2.24, 2.45) is 0 Å². The summed E-state index contributed by atoms with van der Waals surface area (Å²) in [4.78, 5) is 24.2. The number of amides is 1. The van der Waals surface area contributed by atoms with E-state index in [1.165, 1.54) is 12.3 Å². The normalized spacial score (nSPS) is 14.6. The van der Waals surface area contributed by atoms with Gasteiger partial charge in [-0.05, 0) is 18.1 Å². The number of nitrogens with zero attached hydrogens (tertiary/aromatic N) is 1. The lowest BCUT2D eigenvalue weighted by Gasteiger charge is -2.25. The summed E-state index contributed by atoms with van der Waals surface area (Å²) in [7, 11) is 0. The molecule has 0 saturated heterocycles. The lowest BCUT2D eigenvalue weighted by molar-refractivity contribution is 0.0661. The second kappa shape index (κ2) is 6.10. The quantitative estimate of drug-likeness (QED) is 0.855. The molecule has 0 radical (unpaired) electrons. The third-order valence-corrected chi connectivity index (χ3v) is 3.00. The summed E-state index contributed by atoms with van der Waals surface area (Å²) in [6.45, 7) is 4.52. The zero-order chi connectivity index (χ0) is 14.5. The molecule has 1 aromatic rings. The third kappa shape index (κ3) is 2.90. The third-order valence-electron chi connectivity index (χ3n) is 3.00. The Kier molecular flexibility index (Phi) is 4.24. The summed E-state index contributed by atoms with van der Waals surface area (Å²) >= 11 is 0. The topological polar surface area (TPSA) is 80.0 Å². The first kappa shape index (κ1) is 13.9. The number of rotatable bonds is 4. The van der Waals surface area contributed by atoms with Crippen LogP contribution in [0.25, 0.3) is 5.57 Å². The number of carbonyl (C=O) groups is 2. The van der Waals surface area contributed by atoms with Crippen LogP contribution in [0, 0.1) is 0 Å². The molecule has 1 aliphatic rings. The Labute approximate surface area is 115 Å². The Bertz CT molecular complexity index is 558. The maximum atomic E-state index is 11.6. The smallest absolute Gasteiger partial charge is 0.410 e. The van der Waals surface area contributed by atoms with E-state index >= 15 is 0 Å². The van der Waals surface area contributed by atoms with E-state index in [4.69, 9.17) is 14.3 Å². The van der Waals surface area contributed by atoms with Gasteiger partial charge in [0.25, 0.3) is 0 Å². The fourth-order valence-corrected chi connectivity index (χ4v) is 2.03. The molecular formula is C14H15NO5. The van der Waals surface area contributed by atoms with Crippen LogP contribution in [0.4, 0.5) is 4.79 Å². The van der Waals surface area contributed by atoms with E-state index in [0.717, 1.165) is 5.57 Å². The van der Waals surface area contributed by atoms with Crippen LogP contribution in [-0.4, -0.2) is 41.8 Å². The molecule has 0 unspecified atom stereocenters. The van der Waals surface area contributed by atoms with Crippen LogP contribution in [0.1, 0.15) is 22.5 Å². The van der Waals surface area contributed by atoms with Gasteiger partial charge in [0, 0.05) is 18.7 Å². The zero-order valence-electron chi connectivity index (χ0n) is 10.9. The first-order chi connectivity index (χ1) is 9.63. The highest BCUT2D eigenvalue weighted by atomic mass is 16.6. The Hall–Kier alpha value is -2.50. The molecule has 1 amide bonds. The van der Waals surface area contributed by atoms with Gasteiger partial charge in [0.2, 0.25) is 5.76 Å². The highest BCUT2D eigenvalue weighted by molar-refractivity contribution is 5.91. The standard InChI is InChI=1S/C14H15NO5/c1-2-8-20-14(18)15-6-3-10(4-7-15)11-5-9-19-12(11)13(16)17/h2-3,5,9H,1,4,6-8H2,(H,16,17). The van der Waals surface area contributed by atoms with Gasteiger partial charge in [-0.25, -0.2) is 9.59 Å². The van der Waals surface area contributed by atoms with Gasteiger partial charge >= 0.3 is 12.1 Å². The summed E-state index contributed by atoms with van der Waals surface area (Å²) in [6.07, 6.45) is 4.84. The highest BCUT2D eigenvalue weighted by Gasteiger charge is 2.23. The van der Waals surface area contributed by atoms with Crippen LogP contribution in [0.15, 0.2) is 35.5 Å². The number of carboxylic acids is 1. The minimum Gasteiger partial charge on any atom is -0.475 e. The fraction of sp³-hybridized carbons (Fsp3) is 0.286. The summed E-state index contributed by atoms with van der Waals surface area (Å²) in [6, 6.07) is 1.63. The zero-order valence-corrected chi connectivity index (χ0v) is 10.9. The van der Waals surface area contributed by atoms with Crippen molar-refractivity contribution in [3.63, 3.8) is 0 Å². The van der Waals surface area contributed by atoms with Crippen molar-refractivity contribution in [1.82, 2.24) is 4.90 Å². The minimum absolute atomic E-state index is 0.0704. The predicted octanol–water partition coefficient (Wildman–Crippen LogP) is 2.39. The molecular weight excluding hydrogens is 262 g/mol. The Balaban J connectivity index is 2.05. The summed E-state index contributed by atoms with van der Waals surface area (Å²) in [5.74, 6) is -1.17. The first-order valence-electron chi connectivity index (χ1n) is 6.16. The minimum atomic E-state index is -1.10. The van der Waals surface area contributed by atoms with Crippen molar-refractivity contribution < 1.29 is 23.8 Å². The number of carboxylic acid groups (broad SMARTS) is 1. The molecule has 2 rings (SSSR count). The van der Waals surface area contributed by atoms with Crippen molar-refractivity contribution in [3.8, 4) is 0 Å².